The second-order valence-electron chi connectivity index (χ2n) is 3.42. The number of hydrogen-bond acceptors (Lipinski definition) is 6. The Morgan fingerprint density at radius 3 is 2.74 bits per heavy atom. The number of rotatable bonds is 5. The molecule has 0 unspecified atom stereocenters. The lowest BCUT2D eigenvalue weighted by Crippen LogP contribution is -2.02. The number of aliphatic imine (C=N–C) groups is 1. The first-order valence-electron chi connectivity index (χ1n) is 4.86. The molecule has 0 saturated heterocycles. The third-order valence-electron chi connectivity index (χ3n) is 1.90. The fraction of sp³-hybridized carbons (Fsp3) is 0.222. The summed E-state index contributed by atoms with van der Waals surface area (Å²) < 4.78 is 15.1. The van der Waals surface area contributed by atoms with Crippen molar-refractivity contribution in [2.75, 3.05) is 6.54 Å². The van der Waals surface area contributed by atoms with Gasteiger partial charge in [-0.15, -0.1) is 0 Å². The van der Waals surface area contributed by atoms with Crippen molar-refractivity contribution in [3.05, 3.63) is 17.5 Å². The standard InChI is InChI=1S/C9H11N2O7P/c1-5-9(14)6(2-10-4-8(12)13)7(3-11-5)18-19(15,16)17/h2-3,14H,4H2,1H3,(H,12,13)(H2,15,16,17). The number of aryl methyl sites for hydroxylation is 1. The van der Waals surface area contributed by atoms with Crippen molar-refractivity contribution in [3.63, 3.8) is 0 Å². The van der Waals surface area contributed by atoms with Gasteiger partial charge in [0.1, 0.15) is 12.3 Å². The van der Waals surface area contributed by atoms with Crippen LogP contribution in [0.2, 0.25) is 0 Å². The highest BCUT2D eigenvalue weighted by molar-refractivity contribution is 7.46. The first-order valence-corrected chi connectivity index (χ1v) is 6.39. The molecule has 0 bridgehead atoms. The van der Waals surface area contributed by atoms with Crippen molar-refractivity contribution >= 4 is 20.0 Å². The first-order chi connectivity index (χ1) is 8.70. The van der Waals surface area contributed by atoms with Crippen LogP contribution in [0.15, 0.2) is 11.2 Å². The summed E-state index contributed by atoms with van der Waals surface area (Å²) in [5.41, 5.74) is 0.0203. The van der Waals surface area contributed by atoms with Crippen LogP contribution in [0.4, 0.5) is 0 Å². The van der Waals surface area contributed by atoms with E-state index in [1.165, 1.54) is 6.92 Å². The summed E-state index contributed by atoms with van der Waals surface area (Å²) in [5.74, 6) is -2.00. The Kier molecular flexibility index (Phi) is 4.60. The van der Waals surface area contributed by atoms with Crippen LogP contribution in [0.1, 0.15) is 11.3 Å². The number of phosphoric acid groups is 1. The molecule has 0 spiro atoms. The number of carboxylic acid groups (broad SMARTS) is 1. The highest BCUT2D eigenvalue weighted by Gasteiger charge is 2.21. The average Bonchev–Trinajstić information content (AvgIpc) is 2.25. The van der Waals surface area contributed by atoms with Crippen molar-refractivity contribution < 1.29 is 33.9 Å². The van der Waals surface area contributed by atoms with Gasteiger partial charge in [0.25, 0.3) is 0 Å². The molecule has 0 aliphatic rings. The molecule has 1 aromatic heterocycles. The maximum atomic E-state index is 10.8. The lowest BCUT2D eigenvalue weighted by molar-refractivity contribution is -0.135. The molecule has 0 radical (unpaired) electrons. The number of aromatic hydroxyl groups is 1. The van der Waals surface area contributed by atoms with Crippen LogP contribution in [-0.2, 0) is 9.36 Å². The van der Waals surface area contributed by atoms with E-state index >= 15 is 0 Å². The number of pyridine rings is 1. The van der Waals surface area contributed by atoms with Gasteiger partial charge < -0.3 is 14.7 Å². The maximum absolute atomic E-state index is 10.8. The largest absolute Gasteiger partial charge is 0.524 e. The van der Waals surface area contributed by atoms with E-state index < -0.39 is 31.8 Å². The zero-order chi connectivity index (χ0) is 14.6. The summed E-state index contributed by atoms with van der Waals surface area (Å²) in [6.07, 6.45) is 1.94. The van der Waals surface area contributed by atoms with Crippen LogP contribution >= 0.6 is 7.82 Å². The molecule has 0 amide bonds. The molecule has 0 atom stereocenters. The van der Waals surface area contributed by atoms with Gasteiger partial charge in [-0.1, -0.05) is 0 Å². The minimum atomic E-state index is -4.83. The van der Waals surface area contributed by atoms with Gasteiger partial charge in [0.05, 0.1) is 17.5 Å². The number of aromatic nitrogens is 1. The minimum Gasteiger partial charge on any atom is -0.505 e. The molecule has 0 saturated carbocycles. The quantitative estimate of drug-likeness (QED) is 0.439. The predicted molar refractivity (Wildman–Crippen MR) is 63.4 cm³/mol. The Bertz CT molecular complexity index is 566. The van der Waals surface area contributed by atoms with E-state index in [2.05, 4.69) is 14.5 Å². The molecule has 1 rings (SSSR count). The third kappa shape index (κ3) is 4.66. The summed E-state index contributed by atoms with van der Waals surface area (Å²) >= 11 is 0. The van der Waals surface area contributed by atoms with Gasteiger partial charge in [-0.25, -0.2) is 4.57 Å². The summed E-state index contributed by atoms with van der Waals surface area (Å²) in [4.78, 5) is 34.9. The van der Waals surface area contributed by atoms with Crippen LogP contribution in [-0.4, -0.2) is 43.7 Å². The monoisotopic (exact) mass is 290 g/mol. The van der Waals surface area contributed by atoms with Crippen molar-refractivity contribution in [2.45, 2.75) is 6.92 Å². The van der Waals surface area contributed by atoms with E-state index in [0.29, 0.717) is 0 Å². The van der Waals surface area contributed by atoms with Gasteiger partial charge in [-0.2, -0.15) is 0 Å². The van der Waals surface area contributed by atoms with Crippen molar-refractivity contribution in [1.29, 1.82) is 0 Å². The molecule has 4 N–H and O–H groups in total. The number of nitrogens with zero attached hydrogens (tertiary/aromatic N) is 2. The van der Waals surface area contributed by atoms with Gasteiger partial charge in [0.15, 0.2) is 5.75 Å². The molecule has 19 heavy (non-hydrogen) atoms. The smallest absolute Gasteiger partial charge is 0.505 e. The number of phosphoric ester groups is 1. The third-order valence-corrected chi connectivity index (χ3v) is 2.34. The number of hydrogen-bond donors (Lipinski definition) is 4. The van der Waals surface area contributed by atoms with E-state index in [-0.39, 0.29) is 11.3 Å². The van der Waals surface area contributed by atoms with Crippen molar-refractivity contribution in [1.82, 2.24) is 4.98 Å². The molecular formula is C9H11N2O7P. The van der Waals surface area contributed by atoms with Gasteiger partial charge in [0.2, 0.25) is 0 Å². The normalized spacial score (nSPS) is 11.7. The van der Waals surface area contributed by atoms with Crippen molar-refractivity contribution in [2.24, 2.45) is 4.99 Å². The highest BCUT2D eigenvalue weighted by atomic mass is 31.2. The molecule has 0 aliphatic heterocycles. The second kappa shape index (κ2) is 5.79. The van der Waals surface area contributed by atoms with Gasteiger partial charge in [-0.05, 0) is 6.92 Å². The second-order valence-corrected chi connectivity index (χ2v) is 4.58. The molecule has 10 heteroatoms. The fourth-order valence-corrected chi connectivity index (χ4v) is 1.54. The molecule has 104 valence electrons. The Labute approximate surface area is 107 Å². The minimum absolute atomic E-state index is 0.155. The molecule has 1 aromatic rings. The Morgan fingerprint density at radius 2 is 2.21 bits per heavy atom. The van der Waals surface area contributed by atoms with E-state index in [9.17, 15) is 14.5 Å². The Morgan fingerprint density at radius 1 is 1.58 bits per heavy atom. The van der Waals surface area contributed by atoms with Gasteiger partial charge in [0, 0.05) is 6.21 Å². The molecular weight excluding hydrogens is 279 g/mol. The van der Waals surface area contributed by atoms with Gasteiger partial charge >= 0.3 is 13.8 Å². The maximum Gasteiger partial charge on any atom is 0.524 e. The SMILES string of the molecule is Cc1ncc(OP(=O)(O)O)c(C=NCC(=O)O)c1O. The van der Waals surface area contributed by atoms with Crippen LogP contribution in [0, 0.1) is 6.92 Å². The van der Waals surface area contributed by atoms with Gasteiger partial charge in [-0.3, -0.25) is 24.6 Å². The number of carboxylic acids is 1. The summed E-state index contributed by atoms with van der Waals surface area (Å²) in [7, 11) is -4.83. The number of carbonyl (C=O) groups is 1. The van der Waals surface area contributed by atoms with Crippen LogP contribution in [0.5, 0.6) is 11.5 Å². The Hall–Kier alpha value is -1.96. The highest BCUT2D eigenvalue weighted by Crippen LogP contribution is 2.40. The topological polar surface area (TPSA) is 150 Å². The average molecular weight is 290 g/mol. The summed E-state index contributed by atoms with van der Waals surface area (Å²) in [5, 5.41) is 18.1. The van der Waals surface area contributed by atoms with Crippen LogP contribution < -0.4 is 4.52 Å². The molecule has 0 aromatic carbocycles. The zero-order valence-electron chi connectivity index (χ0n) is 9.72. The molecule has 1 heterocycles. The van der Waals surface area contributed by atoms with E-state index in [1.807, 2.05) is 0 Å². The van der Waals surface area contributed by atoms with E-state index in [4.69, 9.17) is 14.9 Å². The Balaban J connectivity index is 3.17. The van der Waals surface area contributed by atoms with Crippen molar-refractivity contribution in [3.8, 4) is 11.5 Å². The lowest BCUT2D eigenvalue weighted by atomic mass is 10.2. The molecule has 0 aliphatic carbocycles. The predicted octanol–water partition coefficient (Wildman–Crippen LogP) is 0.0706. The fourth-order valence-electron chi connectivity index (χ4n) is 1.14. The molecule has 0 fully saturated rings. The van der Waals surface area contributed by atoms with E-state index in [0.717, 1.165) is 12.4 Å². The van der Waals surface area contributed by atoms with Crippen LogP contribution in [0.3, 0.4) is 0 Å². The molecule has 9 nitrogen and oxygen atoms in total. The lowest BCUT2D eigenvalue weighted by Gasteiger charge is -2.11. The number of aliphatic carboxylic acids is 1. The first kappa shape index (κ1) is 15.1. The van der Waals surface area contributed by atoms with Crippen LogP contribution in [0.25, 0.3) is 0 Å². The summed E-state index contributed by atoms with van der Waals surface area (Å²) in [6.45, 7) is 0.890. The zero-order valence-corrected chi connectivity index (χ0v) is 10.6. The summed E-state index contributed by atoms with van der Waals surface area (Å²) in [6, 6.07) is 0. The van der Waals surface area contributed by atoms with E-state index in [1.54, 1.807) is 0 Å².